The van der Waals surface area contributed by atoms with Crippen molar-refractivity contribution in [2.24, 2.45) is 0 Å². The second-order valence-electron chi connectivity index (χ2n) is 6.99. The third-order valence-electron chi connectivity index (χ3n) is 4.94. The molecule has 5 nitrogen and oxygen atoms in total. The second-order valence-corrected chi connectivity index (χ2v) is 8.85. The zero-order chi connectivity index (χ0) is 20.4. The molecule has 1 N–H and O–H groups in total. The molecule has 0 aliphatic rings. The van der Waals surface area contributed by atoms with Crippen molar-refractivity contribution < 1.29 is 13.2 Å². The summed E-state index contributed by atoms with van der Waals surface area (Å²) < 4.78 is 26.3. The quantitative estimate of drug-likeness (QED) is 0.810. The Morgan fingerprint density at radius 3 is 2.26 bits per heavy atom. The molecule has 0 aliphatic carbocycles. The van der Waals surface area contributed by atoms with Crippen LogP contribution in [0.1, 0.15) is 35.6 Å². The Bertz CT molecular complexity index is 952. The maximum Gasteiger partial charge on any atom is 0.248 e. The number of aryl methyl sites for hydroxylation is 3. The average Bonchev–Trinajstić information content (AvgIpc) is 2.58. The molecule has 0 fully saturated rings. The van der Waals surface area contributed by atoms with Gasteiger partial charge in [-0.15, -0.1) is 0 Å². The summed E-state index contributed by atoms with van der Waals surface area (Å²) in [5.74, 6) is -0.338. The number of benzene rings is 2. The van der Waals surface area contributed by atoms with Crippen molar-refractivity contribution in [2.45, 2.75) is 47.1 Å². The van der Waals surface area contributed by atoms with Crippen molar-refractivity contribution in [2.75, 3.05) is 15.9 Å². The Kier molecular flexibility index (Phi) is 6.31. The van der Waals surface area contributed by atoms with Gasteiger partial charge in [-0.2, -0.15) is 0 Å². The highest BCUT2D eigenvalue weighted by Gasteiger charge is 2.31. The topological polar surface area (TPSA) is 66.5 Å². The molecule has 1 amide bonds. The molecule has 6 heteroatoms. The van der Waals surface area contributed by atoms with E-state index < -0.39 is 16.1 Å². The summed E-state index contributed by atoms with van der Waals surface area (Å²) in [6.45, 7) is 9.61. The van der Waals surface area contributed by atoms with E-state index in [4.69, 9.17) is 0 Å². The highest BCUT2D eigenvalue weighted by Crippen LogP contribution is 2.26. The molecular weight excluding hydrogens is 360 g/mol. The van der Waals surface area contributed by atoms with Crippen molar-refractivity contribution in [3.8, 4) is 0 Å². The number of hydrogen-bond donors (Lipinski definition) is 1. The summed E-state index contributed by atoms with van der Waals surface area (Å²) in [7, 11) is -3.64. The lowest BCUT2D eigenvalue weighted by Gasteiger charge is -2.30. The van der Waals surface area contributed by atoms with Crippen LogP contribution in [-0.4, -0.2) is 26.6 Å². The van der Waals surface area contributed by atoms with Crippen molar-refractivity contribution in [3.63, 3.8) is 0 Å². The van der Waals surface area contributed by atoms with Crippen LogP contribution in [-0.2, 0) is 14.8 Å². The summed E-state index contributed by atoms with van der Waals surface area (Å²) in [4.78, 5) is 13.0. The predicted octanol–water partition coefficient (Wildman–Crippen LogP) is 4.10. The monoisotopic (exact) mass is 388 g/mol. The van der Waals surface area contributed by atoms with Crippen molar-refractivity contribution in [1.29, 1.82) is 0 Å². The Balaban J connectivity index is 2.44. The van der Waals surface area contributed by atoms with Gasteiger partial charge in [0.15, 0.2) is 0 Å². The maximum absolute atomic E-state index is 13.0. The largest absolute Gasteiger partial charge is 0.324 e. The van der Waals surface area contributed by atoms with Crippen LogP contribution in [0.15, 0.2) is 36.4 Å². The number of nitrogens with one attached hydrogen (secondary N) is 1. The van der Waals surface area contributed by atoms with Gasteiger partial charge in [0.2, 0.25) is 15.9 Å². The van der Waals surface area contributed by atoms with Gasteiger partial charge in [-0.1, -0.05) is 25.1 Å². The molecule has 0 heterocycles. The van der Waals surface area contributed by atoms with E-state index in [1.165, 1.54) is 4.31 Å². The number of rotatable bonds is 6. The van der Waals surface area contributed by atoms with Crippen LogP contribution in [0.2, 0.25) is 0 Å². The maximum atomic E-state index is 13.0. The molecule has 2 rings (SSSR count). The third kappa shape index (κ3) is 4.69. The molecule has 0 aliphatic heterocycles. The van der Waals surface area contributed by atoms with Crippen LogP contribution in [0.5, 0.6) is 0 Å². The fourth-order valence-electron chi connectivity index (χ4n) is 3.03. The Hall–Kier alpha value is -2.34. The molecule has 0 spiro atoms. The first-order chi connectivity index (χ1) is 12.6. The van der Waals surface area contributed by atoms with Crippen LogP contribution >= 0.6 is 0 Å². The van der Waals surface area contributed by atoms with Crippen LogP contribution in [0.3, 0.4) is 0 Å². The lowest BCUT2D eigenvalue weighted by molar-refractivity contribution is -0.117. The van der Waals surface area contributed by atoms with Crippen LogP contribution < -0.4 is 9.62 Å². The van der Waals surface area contributed by atoms with Gasteiger partial charge in [-0.05, 0) is 74.6 Å². The minimum absolute atomic E-state index is 0.338. The van der Waals surface area contributed by atoms with E-state index in [0.717, 1.165) is 28.5 Å². The molecule has 27 heavy (non-hydrogen) atoms. The van der Waals surface area contributed by atoms with E-state index in [1.807, 2.05) is 65.0 Å². The van der Waals surface area contributed by atoms with E-state index in [1.54, 1.807) is 6.07 Å². The molecule has 1 unspecified atom stereocenters. The molecule has 0 radical (unpaired) electrons. The SMILES string of the molecule is CCC(C(=O)Nc1cccc(C)c1C)N(c1ccc(C)c(C)c1)S(C)(=O)=O. The average molecular weight is 389 g/mol. The minimum Gasteiger partial charge on any atom is -0.324 e. The fourth-order valence-corrected chi connectivity index (χ4v) is 4.23. The van der Waals surface area contributed by atoms with Gasteiger partial charge < -0.3 is 5.32 Å². The van der Waals surface area contributed by atoms with Crippen LogP contribution in [0.4, 0.5) is 11.4 Å². The van der Waals surface area contributed by atoms with Gasteiger partial charge in [-0.3, -0.25) is 9.10 Å². The minimum atomic E-state index is -3.64. The number of amides is 1. The number of anilines is 2. The normalized spacial score (nSPS) is 12.5. The highest BCUT2D eigenvalue weighted by atomic mass is 32.2. The smallest absolute Gasteiger partial charge is 0.248 e. The Labute approximate surface area is 162 Å². The molecule has 2 aromatic carbocycles. The second kappa shape index (κ2) is 8.13. The van der Waals surface area contributed by atoms with E-state index in [0.29, 0.717) is 17.8 Å². The summed E-state index contributed by atoms with van der Waals surface area (Å²) >= 11 is 0. The summed E-state index contributed by atoms with van der Waals surface area (Å²) in [6.07, 6.45) is 1.49. The molecule has 0 saturated heterocycles. The van der Waals surface area contributed by atoms with E-state index >= 15 is 0 Å². The van der Waals surface area contributed by atoms with Crippen molar-refractivity contribution in [3.05, 3.63) is 58.7 Å². The number of sulfonamides is 1. The van der Waals surface area contributed by atoms with Gasteiger partial charge >= 0.3 is 0 Å². The van der Waals surface area contributed by atoms with Crippen molar-refractivity contribution >= 4 is 27.3 Å². The third-order valence-corrected chi connectivity index (χ3v) is 6.12. The summed E-state index contributed by atoms with van der Waals surface area (Å²) in [6, 6.07) is 10.3. The van der Waals surface area contributed by atoms with E-state index in [-0.39, 0.29) is 5.91 Å². The van der Waals surface area contributed by atoms with Crippen LogP contribution in [0, 0.1) is 27.7 Å². The molecule has 0 aromatic heterocycles. The lowest BCUT2D eigenvalue weighted by Crippen LogP contribution is -2.47. The van der Waals surface area contributed by atoms with Crippen molar-refractivity contribution in [1.82, 2.24) is 0 Å². The molecule has 0 bridgehead atoms. The van der Waals surface area contributed by atoms with E-state index in [2.05, 4.69) is 5.32 Å². The highest BCUT2D eigenvalue weighted by molar-refractivity contribution is 7.92. The Morgan fingerprint density at radius 1 is 1.04 bits per heavy atom. The predicted molar refractivity (Wildman–Crippen MR) is 112 cm³/mol. The number of hydrogen-bond acceptors (Lipinski definition) is 3. The zero-order valence-electron chi connectivity index (χ0n) is 16.8. The standard InChI is InChI=1S/C21H28N2O3S/c1-7-20(21(24)22-19-10-8-9-15(3)17(19)5)23(27(6,25)26)18-12-11-14(2)16(4)13-18/h8-13,20H,7H2,1-6H3,(H,22,24). The molecular formula is C21H28N2O3S. The first kappa shape index (κ1) is 21.0. The van der Waals surface area contributed by atoms with Gasteiger partial charge in [0.05, 0.1) is 11.9 Å². The first-order valence-corrected chi connectivity index (χ1v) is 10.8. The molecule has 146 valence electrons. The first-order valence-electron chi connectivity index (χ1n) is 9.00. The molecule has 2 aromatic rings. The number of carbonyl (C=O) groups excluding carboxylic acids is 1. The van der Waals surface area contributed by atoms with Gasteiger partial charge in [-0.25, -0.2) is 8.42 Å². The zero-order valence-corrected chi connectivity index (χ0v) is 17.6. The van der Waals surface area contributed by atoms with Gasteiger partial charge in [0.1, 0.15) is 6.04 Å². The lowest BCUT2D eigenvalue weighted by atomic mass is 10.1. The number of carbonyl (C=O) groups is 1. The fraction of sp³-hybridized carbons (Fsp3) is 0.381. The Morgan fingerprint density at radius 2 is 1.70 bits per heavy atom. The van der Waals surface area contributed by atoms with Crippen LogP contribution in [0.25, 0.3) is 0 Å². The molecule has 0 saturated carbocycles. The van der Waals surface area contributed by atoms with Gasteiger partial charge in [0.25, 0.3) is 0 Å². The van der Waals surface area contributed by atoms with E-state index in [9.17, 15) is 13.2 Å². The summed E-state index contributed by atoms with van der Waals surface area (Å²) in [5, 5.41) is 2.91. The van der Waals surface area contributed by atoms with Gasteiger partial charge in [0, 0.05) is 5.69 Å². The number of nitrogens with zero attached hydrogens (tertiary/aromatic N) is 1. The summed E-state index contributed by atoms with van der Waals surface area (Å²) in [5.41, 5.74) is 5.29. The molecule has 1 atom stereocenters.